The minimum Gasteiger partial charge on any atom is -0.375 e. The molecule has 20 heavy (non-hydrogen) atoms. The molecule has 0 spiro atoms. The molecule has 106 valence electrons. The Hall–Kier alpha value is -1.62. The molecule has 0 unspecified atom stereocenters. The summed E-state index contributed by atoms with van der Waals surface area (Å²) in [6, 6.07) is 6.29. The summed E-state index contributed by atoms with van der Waals surface area (Å²) < 4.78 is 0.977. The van der Waals surface area contributed by atoms with Crippen LogP contribution in [-0.4, -0.2) is 27.9 Å². The summed E-state index contributed by atoms with van der Waals surface area (Å²) in [5, 5.41) is 0.546. The van der Waals surface area contributed by atoms with Crippen molar-refractivity contribution in [3.63, 3.8) is 0 Å². The zero-order chi connectivity index (χ0) is 14.3. The van der Waals surface area contributed by atoms with Gasteiger partial charge in [-0.2, -0.15) is 0 Å². The molecule has 1 fully saturated rings. The van der Waals surface area contributed by atoms with Gasteiger partial charge in [0.15, 0.2) is 5.13 Å². The molecule has 1 saturated heterocycles. The Kier molecular flexibility index (Phi) is 3.38. The molecule has 0 radical (unpaired) electrons. The topological polar surface area (TPSA) is 59.2 Å². The zero-order valence-corrected chi connectivity index (χ0v) is 12.6. The van der Waals surface area contributed by atoms with E-state index in [2.05, 4.69) is 18.8 Å². The Balaban J connectivity index is 1.94. The summed E-state index contributed by atoms with van der Waals surface area (Å²) in [6.45, 7) is 4.27. The van der Waals surface area contributed by atoms with E-state index in [0.717, 1.165) is 28.6 Å². The first-order chi connectivity index (χ1) is 9.56. The molecule has 2 aromatic rings. The van der Waals surface area contributed by atoms with Gasteiger partial charge in [0.2, 0.25) is 0 Å². The number of likely N-dealkylation sites (tertiary alicyclic amines) is 1. The molecule has 0 bridgehead atoms. The number of carbonyl (C=O) groups is 1. The summed E-state index contributed by atoms with van der Waals surface area (Å²) in [5.41, 5.74) is 7.32. The number of carbonyl (C=O) groups excluding carboxylic acids is 1. The molecular weight excluding hydrogens is 270 g/mol. The number of benzene rings is 1. The number of anilines is 1. The van der Waals surface area contributed by atoms with E-state index < -0.39 is 0 Å². The molecule has 1 amide bonds. The Morgan fingerprint density at radius 1 is 1.35 bits per heavy atom. The van der Waals surface area contributed by atoms with E-state index in [1.165, 1.54) is 17.8 Å². The highest BCUT2D eigenvalue weighted by Crippen LogP contribution is 2.28. The van der Waals surface area contributed by atoms with Crippen LogP contribution in [0.5, 0.6) is 0 Å². The van der Waals surface area contributed by atoms with Crippen molar-refractivity contribution in [1.29, 1.82) is 0 Å². The van der Waals surface area contributed by atoms with Crippen molar-refractivity contribution in [3.05, 3.63) is 23.8 Å². The average Bonchev–Trinajstić information content (AvgIpc) is 2.77. The lowest BCUT2D eigenvalue weighted by atomic mass is 9.96. The van der Waals surface area contributed by atoms with Crippen LogP contribution in [0.4, 0.5) is 5.13 Å². The van der Waals surface area contributed by atoms with Gasteiger partial charge < -0.3 is 10.6 Å². The molecule has 2 heterocycles. The highest BCUT2D eigenvalue weighted by molar-refractivity contribution is 7.22. The molecule has 2 N–H and O–H groups in total. The monoisotopic (exact) mass is 289 g/mol. The summed E-state index contributed by atoms with van der Waals surface area (Å²) in [7, 11) is 0. The van der Waals surface area contributed by atoms with Gasteiger partial charge in [0.1, 0.15) is 0 Å². The SMILES string of the molecule is C[C@@H]1CCC[C@H](C)N1C(=O)c1ccc2nc(N)sc2c1. The number of aromatic nitrogens is 1. The first-order valence-electron chi connectivity index (χ1n) is 7.05. The van der Waals surface area contributed by atoms with Crippen molar-refractivity contribution in [2.75, 3.05) is 5.73 Å². The van der Waals surface area contributed by atoms with E-state index in [1.807, 2.05) is 23.1 Å². The number of fused-ring (bicyclic) bond motifs is 1. The maximum Gasteiger partial charge on any atom is 0.254 e. The minimum absolute atomic E-state index is 0.124. The Bertz CT molecular complexity index is 642. The fraction of sp³-hybridized carbons (Fsp3) is 0.467. The zero-order valence-electron chi connectivity index (χ0n) is 11.8. The molecule has 0 saturated carbocycles. The number of thiazole rings is 1. The third kappa shape index (κ3) is 2.26. The smallest absolute Gasteiger partial charge is 0.254 e. The van der Waals surface area contributed by atoms with Crippen molar-refractivity contribution < 1.29 is 4.79 Å². The fourth-order valence-electron chi connectivity index (χ4n) is 3.05. The second-order valence-corrected chi connectivity index (χ2v) is 6.64. The lowest BCUT2D eigenvalue weighted by Crippen LogP contribution is -2.47. The predicted octanol–water partition coefficient (Wildman–Crippen LogP) is 3.28. The fourth-order valence-corrected chi connectivity index (χ4v) is 3.82. The highest BCUT2D eigenvalue weighted by atomic mass is 32.1. The number of nitrogen functional groups attached to an aromatic ring is 1. The molecule has 4 nitrogen and oxygen atoms in total. The van der Waals surface area contributed by atoms with E-state index in [9.17, 15) is 4.79 Å². The van der Waals surface area contributed by atoms with Gasteiger partial charge in [-0.25, -0.2) is 4.98 Å². The van der Waals surface area contributed by atoms with Gasteiger partial charge >= 0.3 is 0 Å². The van der Waals surface area contributed by atoms with Crippen LogP contribution in [-0.2, 0) is 0 Å². The van der Waals surface area contributed by atoms with Crippen LogP contribution in [0.2, 0.25) is 0 Å². The van der Waals surface area contributed by atoms with Crippen LogP contribution in [0.25, 0.3) is 10.2 Å². The largest absolute Gasteiger partial charge is 0.375 e. The van der Waals surface area contributed by atoms with E-state index >= 15 is 0 Å². The predicted molar refractivity (Wildman–Crippen MR) is 83.0 cm³/mol. The summed E-state index contributed by atoms with van der Waals surface area (Å²) >= 11 is 1.43. The maximum atomic E-state index is 12.7. The van der Waals surface area contributed by atoms with Crippen molar-refractivity contribution in [2.24, 2.45) is 0 Å². The van der Waals surface area contributed by atoms with Crippen molar-refractivity contribution >= 4 is 32.6 Å². The number of amides is 1. The number of hydrogen-bond donors (Lipinski definition) is 1. The van der Waals surface area contributed by atoms with Gasteiger partial charge in [-0.15, -0.1) is 0 Å². The molecule has 1 aliphatic heterocycles. The van der Waals surface area contributed by atoms with E-state index in [4.69, 9.17) is 5.73 Å². The molecule has 1 aliphatic rings. The quantitative estimate of drug-likeness (QED) is 0.876. The average molecular weight is 289 g/mol. The van der Waals surface area contributed by atoms with Crippen molar-refractivity contribution in [2.45, 2.75) is 45.2 Å². The summed E-state index contributed by atoms with van der Waals surface area (Å²) in [5.74, 6) is 0.124. The van der Waals surface area contributed by atoms with Crippen molar-refractivity contribution in [1.82, 2.24) is 9.88 Å². The third-order valence-corrected chi connectivity index (χ3v) is 4.93. The van der Waals surface area contributed by atoms with E-state index in [0.29, 0.717) is 17.2 Å². The minimum atomic E-state index is 0.124. The van der Waals surface area contributed by atoms with Gasteiger partial charge in [0.05, 0.1) is 10.2 Å². The van der Waals surface area contributed by atoms with Gasteiger partial charge in [0, 0.05) is 17.6 Å². The molecular formula is C15H19N3OS. The van der Waals surface area contributed by atoms with Crippen LogP contribution in [0.15, 0.2) is 18.2 Å². The van der Waals surface area contributed by atoms with Crippen LogP contribution < -0.4 is 5.73 Å². The number of rotatable bonds is 1. The summed E-state index contributed by atoms with van der Waals surface area (Å²) in [4.78, 5) is 19.0. The molecule has 5 heteroatoms. The van der Waals surface area contributed by atoms with Gasteiger partial charge in [-0.1, -0.05) is 11.3 Å². The van der Waals surface area contributed by atoms with E-state index in [-0.39, 0.29) is 5.91 Å². The number of nitrogens with two attached hydrogens (primary N) is 1. The van der Waals surface area contributed by atoms with Gasteiger partial charge in [-0.05, 0) is 51.3 Å². The lowest BCUT2D eigenvalue weighted by Gasteiger charge is -2.39. The number of nitrogens with zero attached hydrogens (tertiary/aromatic N) is 2. The number of hydrogen-bond acceptors (Lipinski definition) is 4. The third-order valence-electron chi connectivity index (χ3n) is 4.08. The van der Waals surface area contributed by atoms with Gasteiger partial charge in [0.25, 0.3) is 5.91 Å². The molecule has 2 atom stereocenters. The Labute approximate surface area is 122 Å². The van der Waals surface area contributed by atoms with Crippen LogP contribution in [0.1, 0.15) is 43.5 Å². The first kappa shape index (κ1) is 13.4. The normalized spacial score (nSPS) is 23.2. The highest BCUT2D eigenvalue weighted by Gasteiger charge is 2.29. The van der Waals surface area contributed by atoms with Crippen LogP contribution in [0, 0.1) is 0 Å². The van der Waals surface area contributed by atoms with Crippen LogP contribution in [0.3, 0.4) is 0 Å². The molecule has 1 aromatic heterocycles. The summed E-state index contributed by atoms with van der Waals surface area (Å²) in [6.07, 6.45) is 3.38. The second-order valence-electron chi connectivity index (χ2n) is 5.58. The first-order valence-corrected chi connectivity index (χ1v) is 7.86. The maximum absolute atomic E-state index is 12.7. The van der Waals surface area contributed by atoms with Gasteiger partial charge in [-0.3, -0.25) is 4.79 Å². The standard InChI is InChI=1S/C15H19N3OS/c1-9-4-3-5-10(2)18(9)14(19)11-6-7-12-13(8-11)20-15(16)17-12/h6-10H,3-5H2,1-2H3,(H2,16,17)/t9-,10+. The lowest BCUT2D eigenvalue weighted by molar-refractivity contribution is 0.0511. The number of piperidine rings is 1. The Morgan fingerprint density at radius 3 is 2.75 bits per heavy atom. The molecule has 3 rings (SSSR count). The molecule has 0 aliphatic carbocycles. The van der Waals surface area contributed by atoms with E-state index in [1.54, 1.807) is 0 Å². The van der Waals surface area contributed by atoms with Crippen LogP contribution >= 0.6 is 11.3 Å². The molecule has 1 aromatic carbocycles. The van der Waals surface area contributed by atoms with Crippen molar-refractivity contribution in [3.8, 4) is 0 Å². The Morgan fingerprint density at radius 2 is 2.05 bits per heavy atom. The second kappa shape index (κ2) is 5.05.